The fourth-order valence-corrected chi connectivity index (χ4v) is 3.04. The molecule has 2 aromatic carbocycles. The zero-order chi connectivity index (χ0) is 17.6. The molecular formula is C19H15NO4S. The normalized spacial score (nSPS) is 10.4. The van der Waals surface area contributed by atoms with Crippen LogP contribution in [-0.4, -0.2) is 12.2 Å². The molecule has 0 aliphatic rings. The van der Waals surface area contributed by atoms with E-state index >= 15 is 0 Å². The summed E-state index contributed by atoms with van der Waals surface area (Å²) in [5.74, 6) is 0.563. The lowest BCUT2D eigenvalue weighted by atomic mass is 10.1. The van der Waals surface area contributed by atoms with Crippen molar-refractivity contribution in [2.24, 2.45) is 5.73 Å². The third kappa shape index (κ3) is 4.30. The predicted octanol–water partition coefficient (Wildman–Crippen LogP) is 3.92. The van der Waals surface area contributed by atoms with Crippen LogP contribution in [-0.2, 0) is 6.61 Å². The van der Waals surface area contributed by atoms with Gasteiger partial charge >= 0.3 is 0 Å². The van der Waals surface area contributed by atoms with Crippen molar-refractivity contribution < 1.29 is 18.7 Å². The highest BCUT2D eigenvalue weighted by molar-refractivity contribution is 7.99. The summed E-state index contributed by atoms with van der Waals surface area (Å²) in [6, 6.07) is 16.3. The van der Waals surface area contributed by atoms with Crippen LogP contribution in [0.2, 0.25) is 0 Å². The number of primary amides is 1. The minimum absolute atomic E-state index is 0.319. The van der Waals surface area contributed by atoms with E-state index in [9.17, 15) is 9.59 Å². The molecule has 0 bridgehead atoms. The maximum Gasteiger partial charge on any atom is 0.248 e. The van der Waals surface area contributed by atoms with Crippen LogP contribution in [0.4, 0.5) is 0 Å². The molecule has 1 amide bonds. The molecular weight excluding hydrogens is 338 g/mol. The minimum Gasteiger partial charge on any atom is -0.489 e. The summed E-state index contributed by atoms with van der Waals surface area (Å²) < 4.78 is 10.8. The van der Waals surface area contributed by atoms with Crippen LogP contribution in [0.1, 0.15) is 26.5 Å². The second-order valence-corrected chi connectivity index (χ2v) is 6.31. The van der Waals surface area contributed by atoms with Crippen LogP contribution in [0, 0.1) is 0 Å². The molecule has 0 spiro atoms. The summed E-state index contributed by atoms with van der Waals surface area (Å²) in [7, 11) is 0. The molecule has 2 N–H and O–H groups in total. The van der Waals surface area contributed by atoms with Crippen LogP contribution < -0.4 is 10.5 Å². The second kappa shape index (κ2) is 7.72. The largest absolute Gasteiger partial charge is 0.489 e. The van der Waals surface area contributed by atoms with Gasteiger partial charge in [-0.1, -0.05) is 23.9 Å². The average molecular weight is 353 g/mol. The molecule has 0 saturated heterocycles. The zero-order valence-corrected chi connectivity index (χ0v) is 14.0. The molecule has 0 saturated carbocycles. The Balaban J connectivity index is 1.62. The molecule has 3 rings (SSSR count). The van der Waals surface area contributed by atoms with Gasteiger partial charge in [-0.3, -0.25) is 9.59 Å². The molecule has 5 nitrogen and oxygen atoms in total. The van der Waals surface area contributed by atoms with Crippen LogP contribution in [0.5, 0.6) is 5.75 Å². The van der Waals surface area contributed by atoms with E-state index in [1.54, 1.807) is 24.3 Å². The van der Waals surface area contributed by atoms with Crippen molar-refractivity contribution in [1.29, 1.82) is 0 Å². The SMILES string of the molecule is NC(=O)c1cccc(COc2ccc(Sc3ccoc3C=O)cc2)c1. The number of aldehydes is 1. The number of carbonyl (C=O) groups excluding carboxylic acids is 2. The van der Waals surface area contributed by atoms with Gasteiger partial charge < -0.3 is 14.9 Å². The van der Waals surface area contributed by atoms with Crippen molar-refractivity contribution in [2.45, 2.75) is 16.4 Å². The first-order valence-corrected chi connectivity index (χ1v) is 8.29. The zero-order valence-electron chi connectivity index (χ0n) is 13.2. The van der Waals surface area contributed by atoms with Crippen molar-refractivity contribution in [3.8, 4) is 5.75 Å². The highest BCUT2D eigenvalue weighted by Gasteiger charge is 2.07. The number of furan rings is 1. The molecule has 1 heterocycles. The molecule has 6 heteroatoms. The Kier molecular flexibility index (Phi) is 5.20. The van der Waals surface area contributed by atoms with Gasteiger partial charge in [0.05, 0.1) is 11.2 Å². The lowest BCUT2D eigenvalue weighted by Crippen LogP contribution is -2.11. The standard InChI is InChI=1S/C19H15NO4S/c20-19(22)14-3-1-2-13(10-14)12-24-15-4-6-16(7-5-15)25-18-8-9-23-17(18)11-21/h1-11H,12H2,(H2,20,22). The third-order valence-electron chi connectivity index (χ3n) is 3.43. The summed E-state index contributed by atoms with van der Waals surface area (Å²) in [6.45, 7) is 0.338. The quantitative estimate of drug-likeness (QED) is 0.651. The van der Waals surface area contributed by atoms with E-state index in [1.165, 1.54) is 18.0 Å². The summed E-state index contributed by atoms with van der Waals surface area (Å²) in [5.41, 5.74) is 6.59. The summed E-state index contributed by atoms with van der Waals surface area (Å²) in [6.07, 6.45) is 2.18. The monoisotopic (exact) mass is 353 g/mol. The molecule has 0 atom stereocenters. The van der Waals surface area contributed by atoms with Crippen LogP contribution in [0.25, 0.3) is 0 Å². The van der Waals surface area contributed by atoms with Crippen molar-refractivity contribution >= 4 is 24.0 Å². The van der Waals surface area contributed by atoms with Crippen molar-refractivity contribution in [3.63, 3.8) is 0 Å². The van der Waals surface area contributed by atoms with Gasteiger partial charge in [0.2, 0.25) is 5.91 Å². The minimum atomic E-state index is -0.461. The van der Waals surface area contributed by atoms with Crippen molar-refractivity contribution in [2.75, 3.05) is 0 Å². The highest BCUT2D eigenvalue weighted by atomic mass is 32.2. The number of rotatable bonds is 7. The Bertz CT molecular complexity index is 886. The predicted molar refractivity (Wildman–Crippen MR) is 94.0 cm³/mol. The van der Waals surface area contributed by atoms with Gasteiger partial charge in [0.1, 0.15) is 12.4 Å². The number of hydrogen-bond acceptors (Lipinski definition) is 5. The van der Waals surface area contributed by atoms with Gasteiger partial charge in [-0.2, -0.15) is 0 Å². The van der Waals surface area contributed by atoms with E-state index < -0.39 is 5.91 Å². The van der Waals surface area contributed by atoms with E-state index in [0.717, 1.165) is 15.4 Å². The van der Waals surface area contributed by atoms with Crippen molar-refractivity contribution in [3.05, 3.63) is 77.7 Å². The summed E-state index contributed by atoms with van der Waals surface area (Å²) >= 11 is 1.44. The fourth-order valence-electron chi connectivity index (χ4n) is 2.19. The van der Waals surface area contributed by atoms with Gasteiger partial charge in [0.15, 0.2) is 12.0 Å². The Morgan fingerprint density at radius 3 is 2.68 bits per heavy atom. The van der Waals surface area contributed by atoms with Gasteiger partial charge in [-0.05, 0) is 48.0 Å². The molecule has 25 heavy (non-hydrogen) atoms. The highest BCUT2D eigenvalue weighted by Crippen LogP contribution is 2.31. The van der Waals surface area contributed by atoms with E-state index in [2.05, 4.69) is 0 Å². The van der Waals surface area contributed by atoms with Crippen LogP contribution in [0.3, 0.4) is 0 Å². The number of benzene rings is 2. The lowest BCUT2D eigenvalue weighted by Gasteiger charge is -2.08. The van der Waals surface area contributed by atoms with Crippen LogP contribution in [0.15, 0.2) is 75.1 Å². The molecule has 0 fully saturated rings. The van der Waals surface area contributed by atoms with Crippen molar-refractivity contribution in [1.82, 2.24) is 0 Å². The van der Waals surface area contributed by atoms with Gasteiger partial charge in [-0.25, -0.2) is 0 Å². The van der Waals surface area contributed by atoms with E-state index in [0.29, 0.717) is 30.0 Å². The first kappa shape index (κ1) is 16.9. The maximum atomic E-state index is 11.2. The lowest BCUT2D eigenvalue weighted by molar-refractivity contribution is 0.0999. The second-order valence-electron chi connectivity index (χ2n) is 5.19. The molecule has 126 valence electrons. The molecule has 3 aromatic rings. The number of nitrogens with two attached hydrogens (primary N) is 1. The fraction of sp³-hybridized carbons (Fsp3) is 0.0526. The molecule has 0 radical (unpaired) electrons. The Labute approximate surface area is 148 Å². The average Bonchev–Trinajstić information content (AvgIpc) is 3.08. The smallest absolute Gasteiger partial charge is 0.248 e. The van der Waals surface area contributed by atoms with Gasteiger partial charge in [0.25, 0.3) is 0 Å². The number of amides is 1. The number of ether oxygens (including phenoxy) is 1. The number of hydrogen-bond donors (Lipinski definition) is 1. The first-order valence-electron chi connectivity index (χ1n) is 7.48. The number of carbonyl (C=O) groups is 2. The molecule has 1 aromatic heterocycles. The maximum absolute atomic E-state index is 11.2. The van der Waals surface area contributed by atoms with Gasteiger partial charge in [-0.15, -0.1) is 0 Å². The first-order chi connectivity index (χ1) is 12.2. The Morgan fingerprint density at radius 1 is 1.16 bits per heavy atom. The molecule has 0 unspecified atom stereocenters. The van der Waals surface area contributed by atoms with E-state index in [4.69, 9.17) is 14.9 Å². The summed E-state index contributed by atoms with van der Waals surface area (Å²) in [4.78, 5) is 23.8. The molecule has 0 aliphatic carbocycles. The molecule has 0 aliphatic heterocycles. The third-order valence-corrected chi connectivity index (χ3v) is 4.50. The van der Waals surface area contributed by atoms with E-state index in [-0.39, 0.29) is 0 Å². The van der Waals surface area contributed by atoms with E-state index in [1.807, 2.05) is 30.3 Å². The Hall–Kier alpha value is -2.99. The summed E-state index contributed by atoms with van der Waals surface area (Å²) in [5, 5.41) is 0. The topological polar surface area (TPSA) is 82.5 Å². The Morgan fingerprint density at radius 2 is 1.96 bits per heavy atom. The van der Waals surface area contributed by atoms with Crippen LogP contribution >= 0.6 is 11.8 Å². The van der Waals surface area contributed by atoms with Gasteiger partial charge in [0, 0.05) is 10.5 Å².